The molecule has 1 aromatic carbocycles. The van der Waals surface area contributed by atoms with E-state index >= 15 is 0 Å². The fourth-order valence-electron chi connectivity index (χ4n) is 1.50. The second-order valence-electron chi connectivity index (χ2n) is 3.44. The summed E-state index contributed by atoms with van der Waals surface area (Å²) in [4.78, 5) is 8.51. The maximum absolute atomic E-state index is 4.28. The van der Waals surface area contributed by atoms with E-state index < -0.39 is 0 Å². The molecule has 0 fully saturated rings. The highest BCUT2D eigenvalue weighted by Gasteiger charge is 1.95. The minimum absolute atomic E-state index is 0.900. The van der Waals surface area contributed by atoms with Crippen molar-refractivity contribution in [3.8, 4) is 0 Å². The van der Waals surface area contributed by atoms with Crippen LogP contribution >= 0.6 is 0 Å². The van der Waals surface area contributed by atoms with Gasteiger partial charge in [0.05, 0.1) is 11.0 Å². The van der Waals surface area contributed by atoms with E-state index in [9.17, 15) is 0 Å². The molecule has 0 atom stereocenters. The number of aromatic nitrogens is 2. The van der Waals surface area contributed by atoms with Crippen LogP contribution in [0.4, 0.5) is 0 Å². The monoisotopic (exact) mass is 209 g/mol. The summed E-state index contributed by atoms with van der Waals surface area (Å²) in [5, 5.41) is 0. The van der Waals surface area contributed by atoms with Crippen LogP contribution in [-0.2, 0) is 6.42 Å². The maximum atomic E-state index is 4.28. The molecule has 0 aliphatic heterocycles. The minimum atomic E-state index is 0.900. The zero-order valence-corrected chi connectivity index (χ0v) is 9.00. The molecule has 0 unspecified atom stereocenters. The number of fused-ring (bicyclic) bond motifs is 1. The summed E-state index contributed by atoms with van der Waals surface area (Å²) in [5.74, 6) is 0. The van der Waals surface area contributed by atoms with Crippen LogP contribution in [0, 0.1) is 6.92 Å². The van der Waals surface area contributed by atoms with Gasteiger partial charge in [0.1, 0.15) is 0 Å². The van der Waals surface area contributed by atoms with Gasteiger partial charge in [0.15, 0.2) is 0 Å². The number of hydrogen-bond donors (Lipinski definition) is 0. The van der Waals surface area contributed by atoms with Crippen LogP contribution in [0.1, 0.15) is 5.56 Å². The maximum Gasteiger partial charge on any atom is 0.0889 e. The molecule has 0 aliphatic rings. The summed E-state index contributed by atoms with van der Waals surface area (Å²) in [5.41, 5.74) is 3.12. The normalized spacial score (nSPS) is 11.8. The molecule has 0 N–H and O–H groups in total. The highest BCUT2D eigenvalue weighted by Crippen LogP contribution is 2.11. The highest BCUT2D eigenvalue weighted by molar-refractivity contribution is 5.74. The van der Waals surface area contributed by atoms with Gasteiger partial charge in [-0.1, -0.05) is 30.4 Å². The average Bonchev–Trinajstić information content (AvgIpc) is 2.34. The van der Waals surface area contributed by atoms with Gasteiger partial charge >= 0.3 is 0 Å². The first kappa shape index (κ1) is 10.6. The van der Waals surface area contributed by atoms with Crippen molar-refractivity contribution in [1.82, 2.24) is 9.97 Å². The minimum Gasteiger partial charge on any atom is -0.253 e. The Morgan fingerprint density at radius 1 is 1.06 bits per heavy atom. The zero-order chi connectivity index (χ0) is 11.2. The average molecular weight is 209 g/mol. The summed E-state index contributed by atoms with van der Waals surface area (Å²) in [6, 6.07) is 6.15. The molecule has 0 amide bonds. The predicted molar refractivity (Wildman–Crippen MR) is 66.9 cm³/mol. The van der Waals surface area contributed by atoms with Gasteiger partial charge in [0, 0.05) is 12.4 Å². The van der Waals surface area contributed by atoms with E-state index in [1.54, 1.807) is 18.5 Å². The van der Waals surface area contributed by atoms with Crippen molar-refractivity contribution in [2.45, 2.75) is 6.42 Å². The molecular formula is C14H13N2. The standard InChI is InChI=1S/C14H13N2/c1-2-3-4-5-6-12-7-8-13-14(11-12)16-10-9-15-13/h2-5,7-11H,1,6H2. The van der Waals surface area contributed by atoms with E-state index in [4.69, 9.17) is 0 Å². The molecule has 16 heavy (non-hydrogen) atoms. The lowest BCUT2D eigenvalue weighted by Crippen LogP contribution is -1.85. The Balaban J connectivity index is 2.19. The summed E-state index contributed by atoms with van der Waals surface area (Å²) in [6.45, 7) is 3.62. The predicted octanol–water partition coefficient (Wildman–Crippen LogP) is 3.12. The van der Waals surface area contributed by atoms with Crippen LogP contribution < -0.4 is 0 Å². The molecule has 2 nitrogen and oxygen atoms in total. The molecule has 0 spiro atoms. The molecule has 0 saturated carbocycles. The van der Waals surface area contributed by atoms with Gasteiger partial charge in [-0.3, -0.25) is 9.97 Å². The Hall–Kier alpha value is -1.96. The summed E-state index contributed by atoms with van der Waals surface area (Å²) in [6.07, 6.45) is 12.1. The van der Waals surface area contributed by atoms with Crippen LogP contribution in [0.3, 0.4) is 0 Å². The van der Waals surface area contributed by atoms with Gasteiger partial charge in [-0.05, 0) is 31.0 Å². The van der Waals surface area contributed by atoms with E-state index in [0.717, 1.165) is 17.5 Å². The molecular weight excluding hydrogens is 196 g/mol. The second kappa shape index (κ2) is 5.21. The number of benzene rings is 1. The van der Waals surface area contributed by atoms with Gasteiger partial charge in [0.2, 0.25) is 0 Å². The fraction of sp³-hybridized carbons (Fsp3) is 0.0714. The van der Waals surface area contributed by atoms with Gasteiger partial charge in [-0.25, -0.2) is 0 Å². The van der Waals surface area contributed by atoms with Gasteiger partial charge in [-0.15, -0.1) is 0 Å². The van der Waals surface area contributed by atoms with Crippen LogP contribution in [0.15, 0.2) is 54.9 Å². The molecule has 0 bridgehead atoms. The molecule has 1 radical (unpaired) electrons. The van der Waals surface area contributed by atoms with Crippen molar-refractivity contribution in [2.75, 3.05) is 0 Å². The molecule has 0 aliphatic carbocycles. The van der Waals surface area contributed by atoms with Crippen molar-refractivity contribution in [1.29, 1.82) is 0 Å². The molecule has 2 aromatic rings. The van der Waals surface area contributed by atoms with Crippen molar-refractivity contribution < 1.29 is 0 Å². The van der Waals surface area contributed by atoms with Crippen molar-refractivity contribution in [2.24, 2.45) is 0 Å². The first-order chi connectivity index (χ1) is 7.90. The summed E-state index contributed by atoms with van der Waals surface area (Å²) in [7, 11) is 0. The second-order valence-corrected chi connectivity index (χ2v) is 3.44. The SMILES string of the molecule is [CH2]C=CC=CCc1ccc2nccnc2c1. The zero-order valence-electron chi connectivity index (χ0n) is 9.00. The van der Waals surface area contributed by atoms with Gasteiger partial charge < -0.3 is 0 Å². The fourth-order valence-corrected chi connectivity index (χ4v) is 1.50. The van der Waals surface area contributed by atoms with Crippen LogP contribution in [0.25, 0.3) is 11.0 Å². The first-order valence-corrected chi connectivity index (χ1v) is 5.21. The quantitative estimate of drug-likeness (QED) is 0.726. The Bertz CT molecular complexity index is 527. The molecule has 0 saturated heterocycles. The topological polar surface area (TPSA) is 25.8 Å². The van der Waals surface area contributed by atoms with E-state index in [0.29, 0.717) is 0 Å². The van der Waals surface area contributed by atoms with E-state index in [1.807, 2.05) is 18.2 Å². The van der Waals surface area contributed by atoms with E-state index in [-0.39, 0.29) is 0 Å². The lowest BCUT2D eigenvalue weighted by atomic mass is 10.1. The molecule has 79 valence electrons. The van der Waals surface area contributed by atoms with Gasteiger partial charge in [-0.2, -0.15) is 0 Å². The Labute approximate surface area is 95.4 Å². The van der Waals surface area contributed by atoms with Crippen LogP contribution in [0.2, 0.25) is 0 Å². The largest absolute Gasteiger partial charge is 0.253 e. The van der Waals surface area contributed by atoms with E-state index in [1.165, 1.54) is 5.56 Å². The smallest absolute Gasteiger partial charge is 0.0889 e. The molecule has 2 rings (SSSR count). The first-order valence-electron chi connectivity index (χ1n) is 5.21. The van der Waals surface area contributed by atoms with Crippen LogP contribution in [-0.4, -0.2) is 9.97 Å². The summed E-state index contributed by atoms with van der Waals surface area (Å²) >= 11 is 0. The number of hydrogen-bond acceptors (Lipinski definition) is 2. The van der Waals surface area contributed by atoms with Crippen molar-refractivity contribution in [3.63, 3.8) is 0 Å². The van der Waals surface area contributed by atoms with Gasteiger partial charge in [0.25, 0.3) is 0 Å². The highest BCUT2D eigenvalue weighted by atomic mass is 14.8. The molecule has 2 heteroatoms. The Morgan fingerprint density at radius 3 is 2.69 bits per heavy atom. The summed E-state index contributed by atoms with van der Waals surface area (Å²) < 4.78 is 0. The Morgan fingerprint density at radius 2 is 1.88 bits per heavy atom. The number of allylic oxidation sites excluding steroid dienone is 4. The Kier molecular flexibility index (Phi) is 3.44. The lowest BCUT2D eigenvalue weighted by Gasteiger charge is -1.98. The van der Waals surface area contributed by atoms with Crippen molar-refractivity contribution in [3.05, 3.63) is 67.4 Å². The molecule has 1 aromatic heterocycles. The third kappa shape index (κ3) is 2.54. The van der Waals surface area contributed by atoms with Crippen LogP contribution in [0.5, 0.6) is 0 Å². The number of rotatable bonds is 3. The van der Waals surface area contributed by atoms with Crippen molar-refractivity contribution >= 4 is 11.0 Å². The number of nitrogens with zero attached hydrogens (tertiary/aromatic N) is 2. The third-order valence-electron chi connectivity index (χ3n) is 2.27. The third-order valence-corrected chi connectivity index (χ3v) is 2.27. The molecule has 1 heterocycles. The lowest BCUT2D eigenvalue weighted by molar-refractivity contribution is 1.24. The van der Waals surface area contributed by atoms with E-state index in [2.05, 4.69) is 35.1 Å².